The average Bonchev–Trinajstić information content (AvgIpc) is 3.45. The van der Waals surface area contributed by atoms with Gasteiger partial charge in [0, 0.05) is 32.5 Å². The Labute approximate surface area is 186 Å². The topological polar surface area (TPSA) is 101 Å². The molecular formula is C23H27N5O4. The third-order valence-electron chi connectivity index (χ3n) is 5.56. The largest absolute Gasteiger partial charge is 0.482 e. The minimum atomic E-state index is -0.110. The van der Waals surface area contributed by atoms with Crippen LogP contribution in [0.4, 0.5) is 5.69 Å². The van der Waals surface area contributed by atoms with Crippen molar-refractivity contribution in [3.05, 3.63) is 47.3 Å². The first-order valence-electron chi connectivity index (χ1n) is 10.5. The first-order valence-corrected chi connectivity index (χ1v) is 10.5. The van der Waals surface area contributed by atoms with Crippen LogP contribution in [-0.4, -0.2) is 58.8 Å². The Balaban J connectivity index is 1.41. The number of amides is 2. The van der Waals surface area contributed by atoms with Crippen LogP contribution < -0.4 is 14.8 Å². The summed E-state index contributed by atoms with van der Waals surface area (Å²) in [5, 5.41) is 7.37. The number of rotatable bonds is 8. The van der Waals surface area contributed by atoms with Crippen LogP contribution in [-0.2, 0) is 18.3 Å². The van der Waals surface area contributed by atoms with Gasteiger partial charge in [0.2, 0.25) is 17.7 Å². The number of methoxy groups -OCH3 is 1. The lowest BCUT2D eigenvalue weighted by molar-refractivity contribution is -0.115. The first-order chi connectivity index (χ1) is 15.4. The summed E-state index contributed by atoms with van der Waals surface area (Å²) in [6, 6.07) is 7.61. The molecule has 0 saturated carbocycles. The van der Waals surface area contributed by atoms with Crippen molar-refractivity contribution in [2.45, 2.75) is 19.8 Å². The lowest BCUT2D eigenvalue weighted by Gasteiger charge is -2.17. The highest BCUT2D eigenvalue weighted by molar-refractivity contribution is 6.00. The van der Waals surface area contributed by atoms with Gasteiger partial charge >= 0.3 is 0 Å². The second-order valence-corrected chi connectivity index (χ2v) is 7.84. The van der Waals surface area contributed by atoms with E-state index in [4.69, 9.17) is 9.47 Å². The number of fused-ring (bicyclic) bond motifs is 1. The molecule has 0 radical (unpaired) electrons. The molecule has 3 heterocycles. The van der Waals surface area contributed by atoms with E-state index < -0.39 is 0 Å². The highest BCUT2D eigenvalue weighted by Crippen LogP contribution is 2.36. The Morgan fingerprint density at radius 3 is 2.91 bits per heavy atom. The molecule has 0 aliphatic carbocycles. The van der Waals surface area contributed by atoms with E-state index in [0.29, 0.717) is 43.3 Å². The van der Waals surface area contributed by atoms with Gasteiger partial charge in [0.05, 0.1) is 31.4 Å². The zero-order valence-corrected chi connectivity index (χ0v) is 18.7. The molecule has 0 unspecified atom stereocenters. The van der Waals surface area contributed by atoms with Gasteiger partial charge in [-0.1, -0.05) is 6.07 Å². The molecule has 1 aliphatic heterocycles. The van der Waals surface area contributed by atoms with E-state index in [1.807, 2.05) is 32.2 Å². The molecule has 1 aromatic carbocycles. The number of H-pyrrole nitrogens is 1. The van der Waals surface area contributed by atoms with Gasteiger partial charge in [-0.25, -0.2) is 4.68 Å². The summed E-state index contributed by atoms with van der Waals surface area (Å²) < 4.78 is 13.0. The number of nitrogens with zero attached hydrogens (tertiary/aromatic N) is 3. The summed E-state index contributed by atoms with van der Waals surface area (Å²) in [6.45, 7) is 2.90. The van der Waals surface area contributed by atoms with Crippen LogP contribution in [0.5, 0.6) is 11.8 Å². The van der Waals surface area contributed by atoms with Gasteiger partial charge in [-0.2, -0.15) is 5.10 Å². The molecule has 2 aromatic heterocycles. The van der Waals surface area contributed by atoms with Gasteiger partial charge < -0.3 is 24.7 Å². The molecule has 2 amide bonds. The Morgan fingerprint density at radius 2 is 2.12 bits per heavy atom. The van der Waals surface area contributed by atoms with Gasteiger partial charge in [0.1, 0.15) is 5.56 Å². The number of aromatic nitrogens is 3. The van der Waals surface area contributed by atoms with Gasteiger partial charge in [-0.05, 0) is 42.7 Å². The van der Waals surface area contributed by atoms with Gasteiger partial charge in [-0.3, -0.25) is 9.59 Å². The Kier molecular flexibility index (Phi) is 5.89. The van der Waals surface area contributed by atoms with Crippen molar-refractivity contribution in [3.63, 3.8) is 0 Å². The summed E-state index contributed by atoms with van der Waals surface area (Å²) in [4.78, 5) is 28.8. The number of benzene rings is 1. The van der Waals surface area contributed by atoms with Crippen LogP contribution in [0.15, 0.2) is 30.5 Å². The predicted molar refractivity (Wildman–Crippen MR) is 120 cm³/mol. The van der Waals surface area contributed by atoms with Crippen molar-refractivity contribution in [2.75, 3.05) is 32.6 Å². The molecule has 0 saturated heterocycles. The molecule has 4 rings (SSSR count). The third kappa shape index (κ3) is 4.05. The fourth-order valence-electron chi connectivity index (χ4n) is 3.99. The highest BCUT2D eigenvalue weighted by Gasteiger charge is 2.22. The maximum Gasteiger partial charge on any atom is 0.259 e. The van der Waals surface area contributed by atoms with Crippen LogP contribution in [0, 0.1) is 6.92 Å². The molecule has 0 spiro atoms. The monoisotopic (exact) mass is 437 g/mol. The number of carbonyl (C=O) groups is 2. The molecule has 9 nitrogen and oxygen atoms in total. The number of carbonyl (C=O) groups excluding carboxylic acids is 2. The number of aromatic amines is 1. The zero-order valence-electron chi connectivity index (χ0n) is 18.7. The molecular weight excluding hydrogens is 410 g/mol. The molecule has 32 heavy (non-hydrogen) atoms. The van der Waals surface area contributed by atoms with Crippen molar-refractivity contribution in [1.29, 1.82) is 0 Å². The smallest absolute Gasteiger partial charge is 0.259 e. The number of aryl methyl sites for hydroxylation is 2. The van der Waals surface area contributed by atoms with Crippen molar-refractivity contribution in [2.24, 2.45) is 7.05 Å². The van der Waals surface area contributed by atoms with Crippen LogP contribution in [0.1, 0.15) is 28.0 Å². The number of ether oxygens (including phenoxy) is 2. The third-order valence-corrected chi connectivity index (χ3v) is 5.56. The Bertz CT molecular complexity index is 1160. The minimum absolute atomic E-state index is 0.00691. The van der Waals surface area contributed by atoms with Crippen molar-refractivity contribution < 1.29 is 19.1 Å². The minimum Gasteiger partial charge on any atom is -0.482 e. The van der Waals surface area contributed by atoms with Gasteiger partial charge in [0.15, 0.2) is 0 Å². The molecule has 3 aromatic rings. The molecule has 1 aliphatic rings. The molecule has 0 fully saturated rings. The summed E-state index contributed by atoms with van der Waals surface area (Å²) in [7, 11) is 5.13. The van der Waals surface area contributed by atoms with Crippen molar-refractivity contribution >= 4 is 17.5 Å². The summed E-state index contributed by atoms with van der Waals surface area (Å²) >= 11 is 0. The zero-order chi connectivity index (χ0) is 22.8. The second-order valence-electron chi connectivity index (χ2n) is 7.84. The van der Waals surface area contributed by atoms with Crippen molar-refractivity contribution in [3.8, 4) is 22.9 Å². The quantitative estimate of drug-likeness (QED) is 0.528. The number of hydrogen-bond donors (Lipinski definition) is 2. The second kappa shape index (κ2) is 8.78. The van der Waals surface area contributed by atoms with Crippen molar-refractivity contribution in [1.82, 2.24) is 19.7 Å². The first kappa shape index (κ1) is 21.5. The lowest BCUT2D eigenvalue weighted by atomic mass is 10.0. The van der Waals surface area contributed by atoms with E-state index in [2.05, 4.69) is 15.4 Å². The fraction of sp³-hybridized carbons (Fsp3) is 0.348. The van der Waals surface area contributed by atoms with Crippen LogP contribution in [0.3, 0.4) is 0 Å². The molecule has 0 atom stereocenters. The van der Waals surface area contributed by atoms with E-state index in [-0.39, 0.29) is 11.8 Å². The normalized spacial score (nSPS) is 12.4. The van der Waals surface area contributed by atoms with Crippen LogP contribution >= 0.6 is 0 Å². The standard InChI is InChI=1S/C23H27N5O4/c1-14-20(15-6-7-18-16(12-15)13-19(29)25-18)23(28(3)26-14)32-11-5-10-27(2)22(30)17-8-9-24-21(17)31-4/h6-9,12,24H,5,10-11,13H2,1-4H3,(H,25,29). The summed E-state index contributed by atoms with van der Waals surface area (Å²) in [5.41, 5.74) is 5.07. The van der Waals surface area contributed by atoms with E-state index in [1.165, 1.54) is 7.11 Å². The number of hydrogen-bond acceptors (Lipinski definition) is 5. The highest BCUT2D eigenvalue weighted by atomic mass is 16.5. The van der Waals surface area contributed by atoms with Gasteiger partial charge in [0.25, 0.3) is 5.91 Å². The Morgan fingerprint density at radius 1 is 1.31 bits per heavy atom. The molecule has 9 heteroatoms. The predicted octanol–water partition coefficient (Wildman–Crippen LogP) is 2.77. The van der Waals surface area contributed by atoms with Crippen LogP contribution in [0.25, 0.3) is 11.1 Å². The van der Waals surface area contributed by atoms with E-state index in [0.717, 1.165) is 28.1 Å². The van der Waals surface area contributed by atoms with E-state index >= 15 is 0 Å². The number of anilines is 1. The summed E-state index contributed by atoms with van der Waals surface area (Å²) in [5.74, 6) is 1.02. The average molecular weight is 438 g/mol. The summed E-state index contributed by atoms with van der Waals surface area (Å²) in [6.07, 6.45) is 2.71. The lowest BCUT2D eigenvalue weighted by Crippen LogP contribution is -2.28. The van der Waals surface area contributed by atoms with E-state index in [1.54, 1.807) is 28.9 Å². The maximum atomic E-state index is 12.6. The SMILES string of the molecule is COc1[nH]ccc1C(=O)N(C)CCCOc1c(-c2ccc3c(c2)CC(=O)N3)c(C)nn1C. The number of nitrogens with one attached hydrogen (secondary N) is 2. The fourth-order valence-corrected chi connectivity index (χ4v) is 3.99. The van der Waals surface area contributed by atoms with Crippen LogP contribution in [0.2, 0.25) is 0 Å². The van der Waals surface area contributed by atoms with E-state index in [9.17, 15) is 9.59 Å². The van der Waals surface area contributed by atoms with Gasteiger partial charge in [-0.15, -0.1) is 0 Å². The molecule has 2 N–H and O–H groups in total. The Hall–Kier alpha value is -3.75. The maximum absolute atomic E-state index is 12.6. The molecule has 168 valence electrons. The molecule has 0 bridgehead atoms.